The minimum atomic E-state index is -0.922. The van der Waals surface area contributed by atoms with Gasteiger partial charge in [-0.05, 0) is 35.2 Å². The van der Waals surface area contributed by atoms with Gasteiger partial charge in [-0.25, -0.2) is 4.79 Å². The van der Waals surface area contributed by atoms with Crippen LogP contribution >= 0.6 is 11.3 Å². The van der Waals surface area contributed by atoms with Gasteiger partial charge in [0.25, 0.3) is 0 Å². The number of carboxylic acid groups (broad SMARTS) is 1. The summed E-state index contributed by atoms with van der Waals surface area (Å²) in [4.78, 5) is 13.8. The molecule has 0 aliphatic heterocycles. The summed E-state index contributed by atoms with van der Waals surface area (Å²) in [6.45, 7) is 0.815. The van der Waals surface area contributed by atoms with E-state index in [9.17, 15) is 4.79 Å². The molecule has 4 heteroatoms. The molecule has 0 saturated heterocycles. The molecular formula is C15H15NO2S. The molecule has 98 valence electrons. The Morgan fingerprint density at radius 1 is 1.37 bits per heavy atom. The number of rotatable bonds is 5. The normalized spacial score (nSPS) is 10.8. The largest absolute Gasteiger partial charge is 0.478 e. The van der Waals surface area contributed by atoms with Crippen molar-refractivity contribution in [2.75, 3.05) is 11.9 Å². The first-order chi connectivity index (χ1) is 9.15. The topological polar surface area (TPSA) is 40.5 Å². The lowest BCUT2D eigenvalue weighted by Crippen LogP contribution is -2.15. The third-order valence-electron chi connectivity index (χ3n) is 2.68. The summed E-state index contributed by atoms with van der Waals surface area (Å²) in [6, 6.07) is 12.2. The van der Waals surface area contributed by atoms with Crippen molar-refractivity contribution >= 4 is 29.1 Å². The van der Waals surface area contributed by atoms with E-state index >= 15 is 0 Å². The quantitative estimate of drug-likeness (QED) is 0.848. The second-order valence-corrected chi connectivity index (χ2v) is 5.21. The number of benzene rings is 1. The number of hydrogen-bond acceptors (Lipinski definition) is 3. The van der Waals surface area contributed by atoms with Crippen LogP contribution in [0.1, 0.15) is 10.4 Å². The highest BCUT2D eigenvalue weighted by molar-refractivity contribution is 7.10. The third-order valence-corrected chi connectivity index (χ3v) is 3.62. The highest BCUT2D eigenvalue weighted by Gasteiger charge is 2.03. The zero-order chi connectivity index (χ0) is 13.7. The fourth-order valence-electron chi connectivity index (χ4n) is 1.74. The van der Waals surface area contributed by atoms with Crippen molar-refractivity contribution in [3.63, 3.8) is 0 Å². The van der Waals surface area contributed by atoms with Crippen LogP contribution in [0.4, 0.5) is 5.69 Å². The molecule has 0 aliphatic carbocycles. The van der Waals surface area contributed by atoms with Crippen LogP contribution in [0.15, 0.2) is 47.9 Å². The van der Waals surface area contributed by atoms with Gasteiger partial charge in [-0.15, -0.1) is 11.3 Å². The summed E-state index contributed by atoms with van der Waals surface area (Å²) in [5.74, 6) is -0.922. The van der Waals surface area contributed by atoms with Crippen LogP contribution in [-0.4, -0.2) is 18.1 Å². The smallest absolute Gasteiger partial charge is 0.328 e. The van der Waals surface area contributed by atoms with Gasteiger partial charge in [0.1, 0.15) is 0 Å². The maximum Gasteiger partial charge on any atom is 0.328 e. The van der Waals surface area contributed by atoms with Crippen molar-refractivity contribution in [3.8, 4) is 0 Å². The van der Waals surface area contributed by atoms with Crippen molar-refractivity contribution in [1.29, 1.82) is 0 Å². The first-order valence-corrected chi connectivity index (χ1v) is 6.78. The maximum absolute atomic E-state index is 10.5. The van der Waals surface area contributed by atoms with E-state index in [0.29, 0.717) is 0 Å². The molecule has 1 heterocycles. The summed E-state index contributed by atoms with van der Waals surface area (Å²) in [7, 11) is 2.04. The molecule has 2 aromatic rings. The molecule has 0 aliphatic rings. The standard InChI is InChI=1S/C15H15NO2S/c1-16(13-5-3-2-4-6-13)10-14-9-12(11-19-14)7-8-15(17)18/h2-9,11H,10H2,1H3,(H,17,18). The van der Waals surface area contributed by atoms with E-state index in [1.807, 2.05) is 36.7 Å². The van der Waals surface area contributed by atoms with Crippen molar-refractivity contribution in [2.24, 2.45) is 0 Å². The minimum Gasteiger partial charge on any atom is -0.478 e. The van der Waals surface area contributed by atoms with Gasteiger partial charge in [0.05, 0.1) is 6.54 Å². The summed E-state index contributed by atoms with van der Waals surface area (Å²) >= 11 is 1.64. The molecule has 0 bridgehead atoms. The summed E-state index contributed by atoms with van der Waals surface area (Å²) in [5, 5.41) is 10.5. The van der Waals surface area contributed by atoms with E-state index < -0.39 is 5.97 Å². The highest BCUT2D eigenvalue weighted by Crippen LogP contribution is 2.20. The number of carbonyl (C=O) groups is 1. The van der Waals surface area contributed by atoms with Crippen LogP contribution in [0, 0.1) is 0 Å². The molecule has 0 amide bonds. The predicted molar refractivity (Wildman–Crippen MR) is 79.5 cm³/mol. The fourth-order valence-corrected chi connectivity index (χ4v) is 2.65. The highest BCUT2D eigenvalue weighted by atomic mass is 32.1. The van der Waals surface area contributed by atoms with E-state index in [1.54, 1.807) is 17.4 Å². The van der Waals surface area contributed by atoms with Crippen LogP contribution in [0.3, 0.4) is 0 Å². The minimum absolute atomic E-state index is 0.815. The van der Waals surface area contributed by atoms with Gasteiger partial charge in [0.15, 0.2) is 0 Å². The molecule has 0 atom stereocenters. The molecule has 0 unspecified atom stereocenters. The van der Waals surface area contributed by atoms with Crippen molar-refractivity contribution < 1.29 is 9.90 Å². The lowest BCUT2D eigenvalue weighted by molar-refractivity contribution is -0.131. The van der Waals surface area contributed by atoms with E-state index in [4.69, 9.17) is 5.11 Å². The van der Waals surface area contributed by atoms with Crippen LogP contribution in [0.2, 0.25) is 0 Å². The Kier molecular flexibility index (Phi) is 4.36. The van der Waals surface area contributed by atoms with Gasteiger partial charge >= 0.3 is 5.97 Å². The Morgan fingerprint density at radius 3 is 2.79 bits per heavy atom. The molecule has 0 spiro atoms. The van der Waals surface area contributed by atoms with E-state index in [0.717, 1.165) is 18.2 Å². The van der Waals surface area contributed by atoms with E-state index in [2.05, 4.69) is 17.0 Å². The maximum atomic E-state index is 10.5. The molecule has 19 heavy (non-hydrogen) atoms. The molecule has 2 rings (SSSR count). The van der Waals surface area contributed by atoms with Gasteiger partial charge in [0.2, 0.25) is 0 Å². The van der Waals surface area contributed by atoms with Crippen LogP contribution in [-0.2, 0) is 11.3 Å². The summed E-state index contributed by atoms with van der Waals surface area (Å²) in [6.07, 6.45) is 2.78. The fraction of sp³-hybridized carbons (Fsp3) is 0.133. The van der Waals surface area contributed by atoms with Crippen molar-refractivity contribution in [3.05, 3.63) is 58.3 Å². The second-order valence-electron chi connectivity index (χ2n) is 4.21. The Labute approximate surface area is 116 Å². The van der Waals surface area contributed by atoms with Crippen LogP contribution < -0.4 is 4.90 Å². The third kappa shape index (κ3) is 3.96. The Bertz CT molecular complexity index is 575. The predicted octanol–water partition coefficient (Wildman–Crippen LogP) is 3.48. The number of hydrogen-bond donors (Lipinski definition) is 1. The van der Waals surface area contributed by atoms with Gasteiger partial charge in [0, 0.05) is 23.7 Å². The Balaban J connectivity index is 2.02. The van der Waals surface area contributed by atoms with Crippen molar-refractivity contribution in [2.45, 2.75) is 6.54 Å². The Hall–Kier alpha value is -2.07. The van der Waals surface area contributed by atoms with Crippen molar-refractivity contribution in [1.82, 2.24) is 0 Å². The van der Waals surface area contributed by atoms with Gasteiger partial charge in [-0.2, -0.15) is 0 Å². The summed E-state index contributed by atoms with van der Waals surface area (Å²) in [5.41, 5.74) is 2.10. The molecule has 0 fully saturated rings. The number of carboxylic acids is 1. The number of anilines is 1. The molecule has 1 N–H and O–H groups in total. The number of aliphatic carboxylic acids is 1. The second kappa shape index (κ2) is 6.20. The average Bonchev–Trinajstić information content (AvgIpc) is 2.85. The zero-order valence-corrected chi connectivity index (χ0v) is 11.4. The molecule has 0 radical (unpaired) electrons. The average molecular weight is 273 g/mol. The van der Waals surface area contributed by atoms with E-state index in [-0.39, 0.29) is 0 Å². The van der Waals surface area contributed by atoms with E-state index in [1.165, 1.54) is 10.6 Å². The molecule has 3 nitrogen and oxygen atoms in total. The molecule has 1 aromatic carbocycles. The first kappa shape index (κ1) is 13.4. The van der Waals surface area contributed by atoms with Crippen LogP contribution in [0.5, 0.6) is 0 Å². The summed E-state index contributed by atoms with van der Waals surface area (Å²) < 4.78 is 0. The molecular weight excluding hydrogens is 258 g/mol. The lowest BCUT2D eigenvalue weighted by Gasteiger charge is -2.17. The molecule has 0 saturated carbocycles. The number of para-hydroxylation sites is 1. The van der Waals surface area contributed by atoms with Gasteiger partial charge in [-0.1, -0.05) is 18.2 Å². The van der Waals surface area contributed by atoms with Gasteiger partial charge in [-0.3, -0.25) is 0 Å². The number of nitrogens with zero attached hydrogens (tertiary/aromatic N) is 1. The van der Waals surface area contributed by atoms with Gasteiger partial charge < -0.3 is 10.0 Å². The monoisotopic (exact) mass is 273 g/mol. The zero-order valence-electron chi connectivity index (χ0n) is 10.6. The SMILES string of the molecule is CN(Cc1cc(C=CC(=O)O)cs1)c1ccccc1. The van der Waals surface area contributed by atoms with Crippen LogP contribution in [0.25, 0.3) is 6.08 Å². The first-order valence-electron chi connectivity index (χ1n) is 5.90. The molecule has 1 aromatic heterocycles. The number of thiophene rings is 1. The lowest BCUT2D eigenvalue weighted by atomic mass is 10.2. The Morgan fingerprint density at radius 2 is 2.11 bits per heavy atom.